The molecule has 0 spiro atoms. The highest BCUT2D eigenvalue weighted by Crippen LogP contribution is 2.37. The van der Waals surface area contributed by atoms with Gasteiger partial charge >= 0.3 is 0 Å². The van der Waals surface area contributed by atoms with E-state index >= 15 is 0 Å². The summed E-state index contributed by atoms with van der Waals surface area (Å²) in [5.41, 5.74) is -0.229. The first-order chi connectivity index (χ1) is 10.9. The van der Waals surface area contributed by atoms with E-state index in [1.807, 2.05) is 6.92 Å². The largest absolute Gasteiger partial charge is 0.504 e. The summed E-state index contributed by atoms with van der Waals surface area (Å²) in [5.74, 6) is -5.88. The number of aryl methyl sites for hydroxylation is 2. The maximum atomic E-state index is 14.2. The van der Waals surface area contributed by atoms with Crippen LogP contribution in [0.3, 0.4) is 0 Å². The first-order valence-corrected chi connectivity index (χ1v) is 7.59. The molecule has 0 radical (unpaired) electrons. The molecule has 0 aliphatic rings. The van der Waals surface area contributed by atoms with Gasteiger partial charge in [0.1, 0.15) is 0 Å². The Bertz CT molecular complexity index is 726. The maximum absolute atomic E-state index is 14.2. The summed E-state index contributed by atoms with van der Waals surface area (Å²) in [6.07, 6.45) is 1.85. The quantitative estimate of drug-likeness (QED) is 0.566. The number of aromatic hydroxyl groups is 1. The zero-order chi connectivity index (χ0) is 17.1. The molecule has 1 N–H and O–H groups in total. The molecule has 0 bridgehead atoms. The van der Waals surface area contributed by atoms with Crippen molar-refractivity contribution < 1.29 is 22.7 Å². The molecular formula is C18H18F4O. The summed E-state index contributed by atoms with van der Waals surface area (Å²) in [4.78, 5) is 0. The van der Waals surface area contributed by atoms with Crippen LogP contribution in [0.2, 0.25) is 0 Å². The highest BCUT2D eigenvalue weighted by molar-refractivity contribution is 5.72. The number of rotatable bonds is 5. The normalized spacial score (nSPS) is 11.0. The van der Waals surface area contributed by atoms with Gasteiger partial charge in [0.15, 0.2) is 29.0 Å². The van der Waals surface area contributed by atoms with Crippen LogP contribution in [0.5, 0.6) is 5.75 Å². The Morgan fingerprint density at radius 1 is 0.739 bits per heavy atom. The molecule has 2 rings (SSSR count). The molecule has 0 heterocycles. The maximum Gasteiger partial charge on any atom is 0.195 e. The zero-order valence-corrected chi connectivity index (χ0v) is 13.0. The minimum atomic E-state index is -1.61. The molecule has 0 saturated heterocycles. The monoisotopic (exact) mass is 326 g/mol. The number of halogens is 4. The van der Waals surface area contributed by atoms with Crippen molar-refractivity contribution in [2.24, 2.45) is 0 Å². The van der Waals surface area contributed by atoms with Crippen molar-refractivity contribution >= 4 is 0 Å². The number of phenols is 1. The topological polar surface area (TPSA) is 20.2 Å². The van der Waals surface area contributed by atoms with Crippen LogP contribution in [0.15, 0.2) is 18.2 Å². The third kappa shape index (κ3) is 3.19. The van der Waals surface area contributed by atoms with Crippen molar-refractivity contribution in [3.63, 3.8) is 0 Å². The predicted octanol–water partition coefficient (Wildman–Crippen LogP) is 5.52. The Balaban J connectivity index is 2.65. The Morgan fingerprint density at radius 2 is 1.35 bits per heavy atom. The highest BCUT2D eigenvalue weighted by Gasteiger charge is 2.22. The number of hydrogen-bond donors (Lipinski definition) is 1. The van der Waals surface area contributed by atoms with Crippen molar-refractivity contribution in [3.8, 4) is 16.9 Å². The van der Waals surface area contributed by atoms with Gasteiger partial charge in [0.05, 0.1) is 0 Å². The van der Waals surface area contributed by atoms with Gasteiger partial charge in [-0.3, -0.25) is 0 Å². The van der Waals surface area contributed by atoms with E-state index in [9.17, 15) is 22.7 Å². The molecular weight excluding hydrogens is 308 g/mol. The van der Waals surface area contributed by atoms with E-state index in [1.165, 1.54) is 12.1 Å². The predicted molar refractivity (Wildman–Crippen MR) is 81.4 cm³/mol. The van der Waals surface area contributed by atoms with Crippen molar-refractivity contribution in [3.05, 3.63) is 52.6 Å². The van der Waals surface area contributed by atoms with Crippen molar-refractivity contribution in [2.45, 2.75) is 39.5 Å². The van der Waals surface area contributed by atoms with Crippen LogP contribution in [0.1, 0.15) is 37.8 Å². The van der Waals surface area contributed by atoms with Crippen LogP contribution in [0.25, 0.3) is 11.1 Å². The fourth-order valence-electron chi connectivity index (χ4n) is 2.59. The molecule has 2 aromatic carbocycles. The molecule has 0 fully saturated rings. The lowest BCUT2D eigenvalue weighted by Crippen LogP contribution is -2.02. The number of hydrogen-bond acceptors (Lipinski definition) is 1. The van der Waals surface area contributed by atoms with Gasteiger partial charge in [-0.05, 0) is 30.0 Å². The molecule has 0 unspecified atom stereocenters. The lowest BCUT2D eigenvalue weighted by Gasteiger charge is -2.13. The van der Waals surface area contributed by atoms with E-state index in [0.717, 1.165) is 6.07 Å². The second-order valence-corrected chi connectivity index (χ2v) is 5.46. The Morgan fingerprint density at radius 3 is 1.96 bits per heavy atom. The highest BCUT2D eigenvalue weighted by atomic mass is 19.2. The lowest BCUT2D eigenvalue weighted by atomic mass is 9.96. The molecule has 2 aromatic rings. The van der Waals surface area contributed by atoms with Gasteiger partial charge in [-0.2, -0.15) is 0 Å². The molecule has 124 valence electrons. The van der Waals surface area contributed by atoms with Crippen LogP contribution in [-0.4, -0.2) is 5.11 Å². The van der Waals surface area contributed by atoms with Gasteiger partial charge in [0.2, 0.25) is 0 Å². The molecule has 0 saturated carbocycles. The fraction of sp³-hybridized carbons (Fsp3) is 0.333. The summed E-state index contributed by atoms with van der Waals surface area (Å²) in [6.45, 7) is 3.63. The van der Waals surface area contributed by atoms with Crippen LogP contribution in [0, 0.1) is 23.3 Å². The average Bonchev–Trinajstić information content (AvgIpc) is 2.53. The zero-order valence-electron chi connectivity index (χ0n) is 13.0. The van der Waals surface area contributed by atoms with Crippen LogP contribution in [0.4, 0.5) is 17.6 Å². The van der Waals surface area contributed by atoms with Crippen molar-refractivity contribution in [2.75, 3.05) is 0 Å². The SMILES string of the molecule is CCCc1ccc(-c2cc(CCC)c(F)c(F)c2F)c(O)c1F. The second-order valence-electron chi connectivity index (χ2n) is 5.46. The van der Waals surface area contributed by atoms with E-state index in [-0.39, 0.29) is 23.1 Å². The van der Waals surface area contributed by atoms with Crippen LogP contribution < -0.4 is 0 Å². The first-order valence-electron chi connectivity index (χ1n) is 7.59. The Labute approximate surface area is 132 Å². The van der Waals surface area contributed by atoms with Gasteiger partial charge in [-0.25, -0.2) is 17.6 Å². The van der Waals surface area contributed by atoms with Crippen LogP contribution in [-0.2, 0) is 12.8 Å². The smallest absolute Gasteiger partial charge is 0.195 e. The Kier molecular flexibility index (Phi) is 5.29. The Hall–Kier alpha value is -2.04. The minimum absolute atomic E-state index is 0.00107. The van der Waals surface area contributed by atoms with Gasteiger partial charge < -0.3 is 5.11 Å². The van der Waals surface area contributed by atoms with E-state index in [2.05, 4.69) is 0 Å². The number of benzene rings is 2. The van der Waals surface area contributed by atoms with E-state index in [4.69, 9.17) is 0 Å². The van der Waals surface area contributed by atoms with E-state index in [1.54, 1.807) is 6.92 Å². The lowest BCUT2D eigenvalue weighted by molar-refractivity contribution is 0.427. The molecule has 23 heavy (non-hydrogen) atoms. The summed E-state index contributed by atoms with van der Waals surface area (Å²) in [7, 11) is 0. The molecule has 0 aliphatic heterocycles. The van der Waals surface area contributed by atoms with Gasteiger partial charge in [0.25, 0.3) is 0 Å². The van der Waals surface area contributed by atoms with Gasteiger partial charge in [0, 0.05) is 11.1 Å². The van der Waals surface area contributed by atoms with Gasteiger partial charge in [-0.15, -0.1) is 0 Å². The standard InChI is InChI=1S/C18H18F4O/c1-3-5-10-7-8-12(18(23)15(10)20)13-9-11(6-4-2)14(19)17(22)16(13)21/h7-9,23H,3-6H2,1-2H3. The molecule has 0 amide bonds. The molecule has 5 heteroatoms. The summed E-state index contributed by atoms with van der Waals surface area (Å²) >= 11 is 0. The summed E-state index contributed by atoms with van der Waals surface area (Å²) < 4.78 is 55.7. The minimum Gasteiger partial charge on any atom is -0.504 e. The van der Waals surface area contributed by atoms with Crippen LogP contribution >= 0.6 is 0 Å². The van der Waals surface area contributed by atoms with E-state index in [0.29, 0.717) is 24.8 Å². The third-order valence-corrected chi connectivity index (χ3v) is 3.75. The van der Waals surface area contributed by atoms with Crippen molar-refractivity contribution in [1.82, 2.24) is 0 Å². The molecule has 0 atom stereocenters. The summed E-state index contributed by atoms with van der Waals surface area (Å²) in [5, 5.41) is 10.0. The summed E-state index contributed by atoms with van der Waals surface area (Å²) in [6, 6.07) is 3.88. The fourth-order valence-corrected chi connectivity index (χ4v) is 2.59. The third-order valence-electron chi connectivity index (χ3n) is 3.75. The number of phenolic OH excluding ortho intramolecular Hbond substituents is 1. The first kappa shape index (κ1) is 17.3. The van der Waals surface area contributed by atoms with Gasteiger partial charge in [-0.1, -0.05) is 38.8 Å². The average molecular weight is 326 g/mol. The van der Waals surface area contributed by atoms with E-state index < -0.39 is 29.0 Å². The molecule has 1 nitrogen and oxygen atoms in total. The molecule has 0 aromatic heterocycles. The van der Waals surface area contributed by atoms with Crippen molar-refractivity contribution in [1.29, 1.82) is 0 Å². The molecule has 0 aliphatic carbocycles. The second kappa shape index (κ2) is 7.02.